The van der Waals surface area contributed by atoms with Crippen molar-refractivity contribution in [3.8, 4) is 0 Å². The van der Waals surface area contributed by atoms with Crippen LogP contribution in [0.4, 0.5) is 0 Å². The SMILES string of the molecule is CC[C@H](C)[C@@H]([C@@H](CC(=O)N1CCC[C@H]1[C@H](OC)[C@@H](C)C(=O)C[C@@H](Cc1ccccc1)C(=O)O)OC)N(C)C(=O)[C@@H](CC(=O)[C@H](C(C)C)N(C)C)[C@@H](C)O. The van der Waals surface area contributed by atoms with E-state index >= 15 is 0 Å². The molecule has 53 heavy (non-hydrogen) atoms. The van der Waals surface area contributed by atoms with Gasteiger partial charge in [-0.25, -0.2) is 0 Å². The number of ether oxygens (including phenoxy) is 2. The number of carboxylic acids is 1. The molecule has 2 amide bonds. The topological polar surface area (TPSA) is 154 Å². The maximum Gasteiger partial charge on any atom is 0.307 e. The highest BCUT2D eigenvalue weighted by Crippen LogP contribution is 2.31. The first-order valence-corrected chi connectivity index (χ1v) is 19.2. The molecule has 1 heterocycles. The summed E-state index contributed by atoms with van der Waals surface area (Å²) in [6.45, 7) is 11.6. The Morgan fingerprint density at radius 1 is 0.906 bits per heavy atom. The summed E-state index contributed by atoms with van der Waals surface area (Å²) in [4.78, 5) is 72.5. The molecule has 2 rings (SSSR count). The van der Waals surface area contributed by atoms with E-state index in [1.54, 1.807) is 23.8 Å². The number of nitrogens with zero attached hydrogens (tertiary/aromatic N) is 3. The second kappa shape index (κ2) is 21.6. The van der Waals surface area contributed by atoms with E-state index in [9.17, 15) is 34.2 Å². The Morgan fingerprint density at radius 3 is 2.02 bits per heavy atom. The Morgan fingerprint density at radius 2 is 1.53 bits per heavy atom. The standard InChI is InChI=1S/C41H67N3O9/c1-12-26(4)38(43(9)40(49)31(28(6)45)23-34(47)37(25(2)3)42(7)8)35(52-10)24-36(48)44-20-16-19-32(44)39(53-11)27(5)33(46)22-30(41(50)51)21-29-17-14-13-15-18-29/h13-15,17-18,25-28,30-32,35,37-39,45H,12,16,19-24H2,1-11H3,(H,50,51)/t26-,27-,28+,30+,31-,32-,35+,37-,38-,39+/m0/s1. The molecule has 1 aromatic carbocycles. The van der Waals surface area contributed by atoms with Crippen LogP contribution in [0.25, 0.3) is 0 Å². The van der Waals surface area contributed by atoms with Crippen molar-refractivity contribution in [1.82, 2.24) is 14.7 Å². The number of Topliss-reactive ketones (excluding diaryl/α,β-unsaturated/α-hetero) is 2. The molecule has 12 heteroatoms. The van der Waals surface area contributed by atoms with Gasteiger partial charge < -0.3 is 29.5 Å². The molecule has 2 N–H and O–H groups in total. The van der Waals surface area contributed by atoms with Gasteiger partial charge in [0.2, 0.25) is 11.8 Å². The Kier molecular flexibility index (Phi) is 18.8. The van der Waals surface area contributed by atoms with Gasteiger partial charge in [-0.2, -0.15) is 0 Å². The van der Waals surface area contributed by atoms with Gasteiger partial charge in [0.25, 0.3) is 0 Å². The van der Waals surface area contributed by atoms with Gasteiger partial charge in [-0.3, -0.25) is 28.9 Å². The molecule has 1 aliphatic heterocycles. The van der Waals surface area contributed by atoms with Crippen molar-refractivity contribution in [2.45, 2.75) is 123 Å². The number of hydrogen-bond acceptors (Lipinski definition) is 9. The fourth-order valence-electron chi connectivity index (χ4n) is 8.23. The van der Waals surface area contributed by atoms with Crippen LogP contribution in [0.1, 0.15) is 85.6 Å². The number of likely N-dealkylation sites (tertiary alicyclic amines) is 1. The second-order valence-electron chi connectivity index (χ2n) is 15.7. The van der Waals surface area contributed by atoms with Crippen LogP contribution in [-0.4, -0.2) is 133 Å². The van der Waals surface area contributed by atoms with E-state index in [2.05, 4.69) is 0 Å². The van der Waals surface area contributed by atoms with Crippen molar-refractivity contribution in [1.29, 1.82) is 0 Å². The largest absolute Gasteiger partial charge is 0.481 e. The molecular weight excluding hydrogens is 678 g/mol. The third-order valence-electron chi connectivity index (χ3n) is 11.3. The predicted octanol–water partition coefficient (Wildman–Crippen LogP) is 4.35. The number of carbonyl (C=O) groups excluding carboxylic acids is 4. The number of benzene rings is 1. The van der Waals surface area contributed by atoms with Crippen molar-refractivity contribution >= 4 is 29.4 Å². The highest BCUT2D eigenvalue weighted by Gasteiger charge is 2.43. The molecule has 0 spiro atoms. The number of likely N-dealkylation sites (N-methyl/N-ethyl adjacent to an activating group) is 2. The molecule has 0 unspecified atom stereocenters. The van der Waals surface area contributed by atoms with Crippen LogP contribution in [0.2, 0.25) is 0 Å². The molecule has 0 radical (unpaired) electrons. The van der Waals surface area contributed by atoms with E-state index in [1.165, 1.54) is 21.1 Å². The van der Waals surface area contributed by atoms with Crippen LogP contribution in [0.3, 0.4) is 0 Å². The molecule has 300 valence electrons. The zero-order valence-electron chi connectivity index (χ0n) is 34.0. The Balaban J connectivity index is 2.27. The average molecular weight is 746 g/mol. The Hall–Kier alpha value is -3.19. The highest BCUT2D eigenvalue weighted by molar-refractivity contribution is 5.90. The maximum atomic E-state index is 14.1. The van der Waals surface area contributed by atoms with E-state index in [4.69, 9.17) is 9.47 Å². The van der Waals surface area contributed by atoms with Crippen LogP contribution < -0.4 is 0 Å². The number of carboxylic acid groups (broad SMARTS) is 1. The zero-order valence-corrected chi connectivity index (χ0v) is 34.0. The fourth-order valence-corrected chi connectivity index (χ4v) is 8.23. The minimum absolute atomic E-state index is 0.0197. The fraction of sp³-hybridized carbons (Fsp3) is 0.732. The molecule has 1 aromatic rings. The van der Waals surface area contributed by atoms with Crippen molar-refractivity contribution in [3.63, 3.8) is 0 Å². The number of amides is 2. The van der Waals surface area contributed by atoms with Gasteiger partial charge in [0.1, 0.15) is 5.78 Å². The molecule has 1 aliphatic rings. The number of hydrogen-bond donors (Lipinski definition) is 2. The van der Waals surface area contributed by atoms with E-state index in [0.717, 1.165) is 5.56 Å². The van der Waals surface area contributed by atoms with Gasteiger partial charge in [-0.05, 0) is 57.7 Å². The summed E-state index contributed by atoms with van der Waals surface area (Å²) in [5.74, 6) is -4.55. The predicted molar refractivity (Wildman–Crippen MR) is 204 cm³/mol. The van der Waals surface area contributed by atoms with Crippen LogP contribution in [0, 0.1) is 29.6 Å². The molecule has 0 saturated carbocycles. The van der Waals surface area contributed by atoms with E-state index < -0.39 is 60.2 Å². The molecule has 0 aromatic heterocycles. The number of ketones is 2. The number of aliphatic hydroxyl groups is 1. The van der Waals surface area contributed by atoms with Crippen molar-refractivity contribution < 1.29 is 43.7 Å². The highest BCUT2D eigenvalue weighted by atomic mass is 16.5. The quantitative estimate of drug-likeness (QED) is 0.165. The smallest absolute Gasteiger partial charge is 0.307 e. The summed E-state index contributed by atoms with van der Waals surface area (Å²) < 4.78 is 11.9. The summed E-state index contributed by atoms with van der Waals surface area (Å²) in [5.41, 5.74) is 0.839. The number of carbonyl (C=O) groups is 5. The third-order valence-corrected chi connectivity index (χ3v) is 11.3. The molecule has 1 fully saturated rings. The number of methoxy groups -OCH3 is 2. The lowest BCUT2D eigenvalue weighted by Gasteiger charge is -2.40. The summed E-state index contributed by atoms with van der Waals surface area (Å²) in [7, 11) is 8.33. The number of aliphatic hydroxyl groups excluding tert-OH is 1. The van der Waals surface area contributed by atoms with Gasteiger partial charge in [0.05, 0.1) is 54.7 Å². The Bertz CT molecular complexity index is 1330. The van der Waals surface area contributed by atoms with Gasteiger partial charge in [-0.15, -0.1) is 0 Å². The van der Waals surface area contributed by atoms with Crippen molar-refractivity contribution in [3.05, 3.63) is 35.9 Å². The van der Waals surface area contributed by atoms with Gasteiger partial charge in [0.15, 0.2) is 5.78 Å². The summed E-state index contributed by atoms with van der Waals surface area (Å²) in [6.07, 6.45) is -0.472. The zero-order chi connectivity index (χ0) is 40.2. The molecule has 12 nitrogen and oxygen atoms in total. The van der Waals surface area contributed by atoms with Crippen LogP contribution >= 0.6 is 0 Å². The van der Waals surface area contributed by atoms with Crippen LogP contribution in [0.5, 0.6) is 0 Å². The summed E-state index contributed by atoms with van der Waals surface area (Å²) >= 11 is 0. The first kappa shape index (κ1) is 46.0. The summed E-state index contributed by atoms with van der Waals surface area (Å²) in [6, 6.07) is 7.88. The molecule has 10 atom stereocenters. The number of aliphatic carboxylic acids is 1. The molecular formula is C41H67N3O9. The maximum absolute atomic E-state index is 14.1. The minimum atomic E-state index is -1.07. The lowest BCUT2D eigenvalue weighted by atomic mass is 9.85. The van der Waals surface area contributed by atoms with E-state index in [1.807, 2.05) is 77.0 Å². The van der Waals surface area contributed by atoms with Gasteiger partial charge in [0, 0.05) is 46.6 Å². The van der Waals surface area contributed by atoms with E-state index in [0.29, 0.717) is 25.8 Å². The lowest BCUT2D eigenvalue weighted by molar-refractivity contribution is -0.151. The van der Waals surface area contributed by atoms with Crippen molar-refractivity contribution in [2.24, 2.45) is 29.6 Å². The van der Waals surface area contributed by atoms with E-state index in [-0.39, 0.29) is 60.9 Å². The Labute approximate surface area is 317 Å². The molecule has 0 aliphatic carbocycles. The number of rotatable bonds is 23. The monoisotopic (exact) mass is 745 g/mol. The third kappa shape index (κ3) is 12.4. The van der Waals surface area contributed by atoms with Gasteiger partial charge in [-0.1, -0.05) is 71.4 Å². The van der Waals surface area contributed by atoms with Crippen LogP contribution in [-0.2, 0) is 39.9 Å². The first-order chi connectivity index (χ1) is 24.9. The average Bonchev–Trinajstić information content (AvgIpc) is 3.59. The normalized spacial score (nSPS) is 19.9. The first-order valence-electron chi connectivity index (χ1n) is 19.2. The van der Waals surface area contributed by atoms with Gasteiger partial charge >= 0.3 is 5.97 Å². The molecule has 1 saturated heterocycles. The molecule has 0 bridgehead atoms. The van der Waals surface area contributed by atoms with Crippen LogP contribution in [0.15, 0.2) is 30.3 Å². The second-order valence-corrected chi connectivity index (χ2v) is 15.7. The van der Waals surface area contributed by atoms with Crippen molar-refractivity contribution in [2.75, 3.05) is 41.9 Å². The lowest BCUT2D eigenvalue weighted by Crippen LogP contribution is -2.54. The summed E-state index contributed by atoms with van der Waals surface area (Å²) in [5, 5.41) is 20.7. The minimum Gasteiger partial charge on any atom is -0.481 e.